The molecule has 1 heterocycles. The van der Waals surface area contributed by atoms with Gasteiger partial charge < -0.3 is 4.74 Å². The summed E-state index contributed by atoms with van der Waals surface area (Å²) in [6.07, 6.45) is 1.25. The molecule has 0 aliphatic carbocycles. The molecular weight excluding hydrogens is 294 g/mol. The summed E-state index contributed by atoms with van der Waals surface area (Å²) in [5.41, 5.74) is 4.72. The highest BCUT2D eigenvalue weighted by Gasteiger charge is 2.10. The van der Waals surface area contributed by atoms with Crippen molar-refractivity contribution in [3.8, 4) is 11.9 Å². The summed E-state index contributed by atoms with van der Waals surface area (Å²) in [5.74, 6) is -2.33. The van der Waals surface area contributed by atoms with Crippen LogP contribution in [0.25, 0.3) is 0 Å². The largest absolute Gasteiger partial charge is 0.479 e. The first-order valence-electron chi connectivity index (χ1n) is 6.00. The van der Waals surface area contributed by atoms with E-state index in [1.807, 2.05) is 0 Å². The number of ether oxygens (including phenoxy) is 1. The zero-order valence-electron chi connectivity index (χ0n) is 11.4. The van der Waals surface area contributed by atoms with Gasteiger partial charge in [-0.1, -0.05) is 0 Å². The fraction of sp³-hybridized carbons (Fsp3) is 0.0714. The average molecular weight is 304 g/mol. The van der Waals surface area contributed by atoms with Gasteiger partial charge in [-0.15, -0.1) is 0 Å². The van der Waals surface area contributed by atoms with Crippen molar-refractivity contribution in [2.45, 2.75) is 0 Å². The Morgan fingerprint density at radius 2 is 2.09 bits per heavy atom. The zero-order chi connectivity index (χ0) is 16.1. The average Bonchev–Trinajstić information content (AvgIpc) is 2.52. The van der Waals surface area contributed by atoms with Crippen molar-refractivity contribution in [1.82, 2.24) is 10.4 Å². The van der Waals surface area contributed by atoms with E-state index in [-0.39, 0.29) is 22.7 Å². The summed E-state index contributed by atoms with van der Waals surface area (Å²) in [7, 11) is 1.28. The molecular formula is C14H10F2N4O2. The Bertz CT molecular complexity index is 759. The van der Waals surface area contributed by atoms with E-state index in [4.69, 9.17) is 5.26 Å². The van der Waals surface area contributed by atoms with Gasteiger partial charge in [0.2, 0.25) is 5.88 Å². The molecule has 0 spiro atoms. The summed E-state index contributed by atoms with van der Waals surface area (Å²) in [4.78, 5) is 15.5. The number of amides is 1. The van der Waals surface area contributed by atoms with Crippen molar-refractivity contribution < 1.29 is 18.3 Å². The Kier molecular flexibility index (Phi) is 4.48. The molecule has 1 aromatic carbocycles. The van der Waals surface area contributed by atoms with Crippen molar-refractivity contribution in [2.75, 3.05) is 12.5 Å². The minimum atomic E-state index is -0.799. The molecule has 0 unspecified atom stereocenters. The number of benzene rings is 1. The van der Waals surface area contributed by atoms with E-state index in [2.05, 4.69) is 20.6 Å². The number of aromatic nitrogens is 1. The third-order valence-electron chi connectivity index (χ3n) is 2.67. The number of carbonyl (C=O) groups excluding carboxylic acids is 1. The van der Waals surface area contributed by atoms with Crippen LogP contribution in [0, 0.1) is 23.0 Å². The number of hydrazine groups is 1. The van der Waals surface area contributed by atoms with Gasteiger partial charge >= 0.3 is 0 Å². The molecule has 0 aliphatic rings. The van der Waals surface area contributed by atoms with Gasteiger partial charge in [0.05, 0.1) is 24.6 Å². The molecule has 0 saturated carbocycles. The number of anilines is 1. The highest BCUT2D eigenvalue weighted by Crippen LogP contribution is 2.16. The van der Waals surface area contributed by atoms with Crippen LogP contribution < -0.4 is 15.6 Å². The lowest BCUT2D eigenvalue weighted by Gasteiger charge is -2.09. The Morgan fingerprint density at radius 1 is 1.32 bits per heavy atom. The molecule has 0 aliphatic heterocycles. The number of nitrogens with zero attached hydrogens (tertiary/aromatic N) is 2. The van der Waals surface area contributed by atoms with Crippen LogP contribution in [0.3, 0.4) is 0 Å². The maximum atomic E-state index is 13.4. The third-order valence-corrected chi connectivity index (χ3v) is 2.67. The number of hydrogen-bond donors (Lipinski definition) is 2. The van der Waals surface area contributed by atoms with Crippen molar-refractivity contribution >= 4 is 11.6 Å². The second kappa shape index (κ2) is 6.49. The molecule has 2 aromatic rings. The highest BCUT2D eigenvalue weighted by molar-refractivity contribution is 5.95. The lowest BCUT2D eigenvalue weighted by Crippen LogP contribution is -2.29. The van der Waals surface area contributed by atoms with Crippen molar-refractivity contribution in [3.63, 3.8) is 0 Å². The topological polar surface area (TPSA) is 87.0 Å². The molecule has 2 N–H and O–H groups in total. The molecule has 8 heteroatoms. The maximum Gasteiger partial charge on any atom is 0.269 e. The molecule has 0 atom stereocenters. The second-order valence-electron chi connectivity index (χ2n) is 4.10. The van der Waals surface area contributed by atoms with Gasteiger partial charge in [-0.05, 0) is 18.2 Å². The molecule has 0 bridgehead atoms. The van der Waals surface area contributed by atoms with Crippen molar-refractivity contribution in [1.29, 1.82) is 5.26 Å². The van der Waals surface area contributed by atoms with Crippen LogP contribution in [0.1, 0.15) is 15.9 Å². The Balaban J connectivity index is 2.05. The van der Waals surface area contributed by atoms with Crippen LogP contribution in [-0.4, -0.2) is 18.0 Å². The van der Waals surface area contributed by atoms with E-state index < -0.39 is 17.5 Å². The van der Waals surface area contributed by atoms with Gasteiger partial charge in [0.1, 0.15) is 11.9 Å². The van der Waals surface area contributed by atoms with E-state index in [9.17, 15) is 13.6 Å². The summed E-state index contributed by atoms with van der Waals surface area (Å²) < 4.78 is 31.5. The zero-order valence-corrected chi connectivity index (χ0v) is 11.4. The molecule has 0 fully saturated rings. The minimum Gasteiger partial charge on any atom is -0.479 e. The Hall–Kier alpha value is -3.21. The second-order valence-corrected chi connectivity index (χ2v) is 4.10. The predicted molar refractivity (Wildman–Crippen MR) is 73.0 cm³/mol. The predicted octanol–water partition coefficient (Wildman–Crippen LogP) is 2.00. The molecule has 22 heavy (non-hydrogen) atoms. The summed E-state index contributed by atoms with van der Waals surface area (Å²) in [5, 5.41) is 8.61. The van der Waals surface area contributed by atoms with Crippen molar-refractivity contribution in [3.05, 3.63) is 53.2 Å². The van der Waals surface area contributed by atoms with E-state index in [0.717, 1.165) is 12.1 Å². The van der Waals surface area contributed by atoms with Crippen LogP contribution in [0.15, 0.2) is 30.5 Å². The van der Waals surface area contributed by atoms with E-state index in [0.29, 0.717) is 0 Å². The molecule has 1 amide bonds. The fourth-order valence-corrected chi connectivity index (χ4v) is 1.59. The molecule has 6 nitrogen and oxygen atoms in total. The fourth-order valence-electron chi connectivity index (χ4n) is 1.59. The van der Waals surface area contributed by atoms with E-state index >= 15 is 0 Å². The lowest BCUT2D eigenvalue weighted by atomic mass is 10.1. The normalized spacial score (nSPS) is 9.73. The third kappa shape index (κ3) is 3.27. The Labute approximate surface area is 124 Å². The highest BCUT2D eigenvalue weighted by atomic mass is 19.1. The lowest BCUT2D eigenvalue weighted by molar-refractivity contribution is 0.0962. The number of hydrogen-bond acceptors (Lipinski definition) is 5. The van der Waals surface area contributed by atoms with Crippen LogP contribution >= 0.6 is 0 Å². The van der Waals surface area contributed by atoms with E-state index in [1.54, 1.807) is 6.07 Å². The standard InChI is InChI=1S/C14H10F2N4O2/c1-22-14-12(16)5-10(7-18-14)19-20-13(21)8-2-3-9(6-17)11(15)4-8/h2-5,7,19H,1H3,(H,20,21). The quantitative estimate of drug-likeness (QED) is 0.844. The summed E-state index contributed by atoms with van der Waals surface area (Å²) in [6, 6.07) is 6.15. The maximum absolute atomic E-state index is 13.4. The van der Waals surface area contributed by atoms with Gasteiger partial charge in [-0.3, -0.25) is 15.6 Å². The smallest absolute Gasteiger partial charge is 0.269 e. The van der Waals surface area contributed by atoms with Gasteiger partial charge in [-0.25, -0.2) is 13.8 Å². The molecule has 0 saturated heterocycles. The SMILES string of the molecule is COc1ncc(NNC(=O)c2ccc(C#N)c(F)c2)cc1F. The molecule has 112 valence electrons. The molecule has 0 radical (unpaired) electrons. The number of methoxy groups -OCH3 is 1. The number of nitriles is 1. The first-order chi connectivity index (χ1) is 10.5. The number of nitrogens with one attached hydrogen (secondary N) is 2. The van der Waals surface area contributed by atoms with Gasteiger partial charge in [0.15, 0.2) is 5.82 Å². The van der Waals surface area contributed by atoms with Crippen LogP contribution in [-0.2, 0) is 0 Å². The summed E-state index contributed by atoms with van der Waals surface area (Å²) in [6.45, 7) is 0. The van der Waals surface area contributed by atoms with Gasteiger partial charge in [-0.2, -0.15) is 5.26 Å². The molecule has 2 rings (SSSR count). The van der Waals surface area contributed by atoms with Crippen LogP contribution in [0.2, 0.25) is 0 Å². The monoisotopic (exact) mass is 304 g/mol. The van der Waals surface area contributed by atoms with E-state index in [1.165, 1.54) is 25.4 Å². The van der Waals surface area contributed by atoms with Crippen molar-refractivity contribution in [2.24, 2.45) is 0 Å². The van der Waals surface area contributed by atoms with Crippen LogP contribution in [0.5, 0.6) is 5.88 Å². The number of halogens is 2. The first-order valence-corrected chi connectivity index (χ1v) is 6.00. The van der Waals surface area contributed by atoms with Crippen LogP contribution in [0.4, 0.5) is 14.5 Å². The number of carbonyl (C=O) groups is 1. The molecule has 1 aromatic heterocycles. The van der Waals surface area contributed by atoms with Gasteiger partial charge in [0, 0.05) is 11.6 Å². The minimum absolute atomic E-state index is 0.00550. The number of rotatable bonds is 4. The van der Waals surface area contributed by atoms with Gasteiger partial charge in [0.25, 0.3) is 5.91 Å². The first kappa shape index (κ1) is 15.2. The Morgan fingerprint density at radius 3 is 2.68 bits per heavy atom. The summed E-state index contributed by atoms with van der Waals surface area (Å²) >= 11 is 0. The number of pyridine rings is 1.